The lowest BCUT2D eigenvalue weighted by Gasteiger charge is -2.25. The monoisotopic (exact) mass is 277 g/mol. The van der Waals surface area contributed by atoms with E-state index in [1.807, 2.05) is 0 Å². The lowest BCUT2D eigenvalue weighted by molar-refractivity contribution is 0.225. The largest absolute Gasteiger partial charge is 0.310 e. The third-order valence-corrected chi connectivity index (χ3v) is 6.33. The van der Waals surface area contributed by atoms with E-state index in [2.05, 4.69) is 15.1 Å². The summed E-state index contributed by atoms with van der Waals surface area (Å²) in [4.78, 5) is 5.50. The molecule has 0 radical (unpaired) electrons. The van der Waals surface area contributed by atoms with Gasteiger partial charge in [-0.3, -0.25) is 4.90 Å². The zero-order valence-electron chi connectivity index (χ0n) is 12.9. The molecule has 0 amide bonds. The van der Waals surface area contributed by atoms with Gasteiger partial charge in [0, 0.05) is 31.2 Å². The zero-order chi connectivity index (χ0) is 13.4. The van der Waals surface area contributed by atoms with Gasteiger partial charge in [-0.2, -0.15) is 0 Å². The van der Waals surface area contributed by atoms with Gasteiger partial charge in [0.2, 0.25) is 0 Å². The minimum atomic E-state index is 0.792. The van der Waals surface area contributed by atoms with Gasteiger partial charge in [-0.15, -0.1) is 0 Å². The first-order chi connectivity index (χ1) is 9.88. The summed E-state index contributed by atoms with van der Waals surface area (Å²) in [5, 5.41) is 3.95. The first-order valence-electron chi connectivity index (χ1n) is 9.11. The summed E-state index contributed by atoms with van der Waals surface area (Å²) < 4.78 is 0. The standard InChI is InChI=1S/C17H31N3/c1-2-6-17-14(5-1)11-15(18-17)12-19-10-7-16(13-19)20-8-3-4-9-20/h14-18H,1-13H2. The van der Waals surface area contributed by atoms with Crippen molar-refractivity contribution in [3.63, 3.8) is 0 Å². The van der Waals surface area contributed by atoms with Gasteiger partial charge >= 0.3 is 0 Å². The zero-order valence-corrected chi connectivity index (χ0v) is 12.9. The Hall–Kier alpha value is -0.120. The molecule has 0 aromatic heterocycles. The van der Waals surface area contributed by atoms with E-state index in [1.54, 1.807) is 0 Å². The van der Waals surface area contributed by atoms with Crippen LogP contribution < -0.4 is 5.32 Å². The van der Waals surface area contributed by atoms with Gasteiger partial charge in [0.25, 0.3) is 0 Å². The van der Waals surface area contributed by atoms with Crippen LogP contribution >= 0.6 is 0 Å². The second-order valence-electron chi connectivity index (χ2n) is 7.70. The molecule has 20 heavy (non-hydrogen) atoms. The molecular formula is C17H31N3. The molecule has 1 aliphatic carbocycles. The van der Waals surface area contributed by atoms with Crippen LogP contribution in [0, 0.1) is 5.92 Å². The average molecular weight is 277 g/mol. The lowest BCUT2D eigenvalue weighted by atomic mass is 9.85. The van der Waals surface area contributed by atoms with Gasteiger partial charge in [0.1, 0.15) is 0 Å². The van der Waals surface area contributed by atoms with Crippen molar-refractivity contribution in [1.82, 2.24) is 15.1 Å². The molecular weight excluding hydrogens is 246 g/mol. The van der Waals surface area contributed by atoms with Crippen LogP contribution in [0.2, 0.25) is 0 Å². The molecule has 114 valence electrons. The van der Waals surface area contributed by atoms with Gasteiger partial charge in [-0.05, 0) is 64.1 Å². The molecule has 0 aromatic carbocycles. The number of fused-ring (bicyclic) bond motifs is 1. The first kappa shape index (κ1) is 13.5. The van der Waals surface area contributed by atoms with E-state index in [0.717, 1.165) is 24.0 Å². The van der Waals surface area contributed by atoms with Crippen LogP contribution in [0.1, 0.15) is 51.4 Å². The minimum absolute atomic E-state index is 0.792. The summed E-state index contributed by atoms with van der Waals surface area (Å²) >= 11 is 0. The Morgan fingerprint density at radius 3 is 2.60 bits per heavy atom. The molecule has 3 nitrogen and oxygen atoms in total. The molecule has 3 aliphatic heterocycles. The third-order valence-electron chi connectivity index (χ3n) is 6.33. The highest BCUT2D eigenvalue weighted by molar-refractivity contribution is 4.95. The predicted octanol–water partition coefficient (Wildman–Crippen LogP) is 2.08. The van der Waals surface area contributed by atoms with Gasteiger partial charge in [-0.25, -0.2) is 0 Å². The molecule has 0 bridgehead atoms. The normalized spacial score (nSPS) is 43.2. The molecule has 3 heterocycles. The number of nitrogens with zero attached hydrogens (tertiary/aromatic N) is 2. The Bertz CT molecular complexity index is 312. The van der Waals surface area contributed by atoms with Crippen LogP contribution in [0.3, 0.4) is 0 Å². The summed E-state index contributed by atoms with van der Waals surface area (Å²) in [7, 11) is 0. The highest BCUT2D eigenvalue weighted by Crippen LogP contribution is 2.33. The van der Waals surface area contributed by atoms with Crippen LogP contribution in [0.15, 0.2) is 0 Å². The van der Waals surface area contributed by atoms with Crippen LogP contribution in [0.25, 0.3) is 0 Å². The van der Waals surface area contributed by atoms with Crippen LogP contribution in [0.4, 0.5) is 0 Å². The molecule has 4 atom stereocenters. The van der Waals surface area contributed by atoms with E-state index < -0.39 is 0 Å². The fourth-order valence-electron chi connectivity index (χ4n) is 5.27. The summed E-state index contributed by atoms with van der Waals surface area (Å²) in [5.41, 5.74) is 0. The van der Waals surface area contributed by atoms with E-state index in [9.17, 15) is 0 Å². The Kier molecular flexibility index (Phi) is 4.02. The molecule has 4 rings (SSSR count). The van der Waals surface area contributed by atoms with E-state index in [0.29, 0.717) is 0 Å². The van der Waals surface area contributed by atoms with Crippen molar-refractivity contribution in [2.45, 2.75) is 69.5 Å². The van der Waals surface area contributed by atoms with Crippen molar-refractivity contribution < 1.29 is 0 Å². The summed E-state index contributed by atoms with van der Waals surface area (Å²) in [6, 6.07) is 2.53. The van der Waals surface area contributed by atoms with Crippen LogP contribution in [0.5, 0.6) is 0 Å². The van der Waals surface area contributed by atoms with Gasteiger partial charge < -0.3 is 10.2 Å². The van der Waals surface area contributed by atoms with Crippen molar-refractivity contribution in [1.29, 1.82) is 0 Å². The highest BCUT2D eigenvalue weighted by Gasteiger charge is 2.37. The number of hydrogen-bond acceptors (Lipinski definition) is 3. The summed E-state index contributed by atoms with van der Waals surface area (Å²) in [6.45, 7) is 6.73. The van der Waals surface area contributed by atoms with Crippen molar-refractivity contribution in [3.05, 3.63) is 0 Å². The Morgan fingerprint density at radius 2 is 1.75 bits per heavy atom. The average Bonchev–Trinajstić information content (AvgIpc) is 3.18. The first-order valence-corrected chi connectivity index (χ1v) is 9.11. The molecule has 1 N–H and O–H groups in total. The molecule has 4 unspecified atom stereocenters. The maximum absolute atomic E-state index is 3.95. The number of hydrogen-bond donors (Lipinski definition) is 1. The Labute approximate surface area is 124 Å². The molecule has 0 aromatic rings. The van der Waals surface area contributed by atoms with Crippen LogP contribution in [-0.4, -0.2) is 60.6 Å². The molecule has 1 saturated carbocycles. The topological polar surface area (TPSA) is 18.5 Å². The number of likely N-dealkylation sites (tertiary alicyclic amines) is 2. The quantitative estimate of drug-likeness (QED) is 0.852. The summed E-state index contributed by atoms with van der Waals surface area (Å²) in [6.07, 6.45) is 11.6. The van der Waals surface area contributed by atoms with Crippen LogP contribution in [-0.2, 0) is 0 Å². The van der Waals surface area contributed by atoms with E-state index in [1.165, 1.54) is 84.1 Å². The van der Waals surface area contributed by atoms with Crippen molar-refractivity contribution >= 4 is 0 Å². The van der Waals surface area contributed by atoms with Crippen molar-refractivity contribution in [2.24, 2.45) is 5.92 Å². The second kappa shape index (κ2) is 5.94. The smallest absolute Gasteiger partial charge is 0.0235 e. The maximum atomic E-state index is 3.95. The molecule has 4 aliphatic rings. The van der Waals surface area contributed by atoms with Crippen molar-refractivity contribution in [3.8, 4) is 0 Å². The second-order valence-corrected chi connectivity index (χ2v) is 7.70. The Balaban J connectivity index is 1.26. The summed E-state index contributed by atoms with van der Waals surface area (Å²) in [5.74, 6) is 1.01. The molecule has 3 saturated heterocycles. The van der Waals surface area contributed by atoms with Gasteiger partial charge in [0.05, 0.1) is 0 Å². The number of rotatable bonds is 3. The highest BCUT2D eigenvalue weighted by atomic mass is 15.3. The molecule has 3 heteroatoms. The fraction of sp³-hybridized carbons (Fsp3) is 1.00. The van der Waals surface area contributed by atoms with Gasteiger partial charge in [-0.1, -0.05) is 12.8 Å². The third kappa shape index (κ3) is 2.77. The maximum Gasteiger partial charge on any atom is 0.0235 e. The SMILES string of the molecule is C1CCC2NC(CN3CCC(N4CCCC4)C3)CC2C1. The predicted molar refractivity (Wildman–Crippen MR) is 82.9 cm³/mol. The molecule has 4 fully saturated rings. The minimum Gasteiger partial charge on any atom is -0.310 e. The van der Waals surface area contributed by atoms with Crippen molar-refractivity contribution in [2.75, 3.05) is 32.7 Å². The fourth-order valence-corrected chi connectivity index (χ4v) is 5.27. The lowest BCUT2D eigenvalue weighted by Crippen LogP contribution is -2.41. The van der Waals surface area contributed by atoms with E-state index in [-0.39, 0.29) is 0 Å². The Morgan fingerprint density at radius 1 is 0.900 bits per heavy atom. The number of nitrogens with one attached hydrogen (secondary N) is 1. The van der Waals surface area contributed by atoms with E-state index in [4.69, 9.17) is 0 Å². The van der Waals surface area contributed by atoms with Gasteiger partial charge in [0.15, 0.2) is 0 Å². The van der Waals surface area contributed by atoms with E-state index >= 15 is 0 Å². The molecule has 0 spiro atoms.